The first-order chi connectivity index (χ1) is 10.2. The second-order valence-electron chi connectivity index (χ2n) is 5.23. The first kappa shape index (κ1) is 16.4. The smallest absolute Gasteiger partial charge is 0.0499 e. The number of hydrogen-bond donors (Lipinski definition) is 1. The monoisotopic (exact) mass is 324 g/mol. The molecule has 0 aliphatic rings. The maximum atomic E-state index is 6.23. The Balaban J connectivity index is 2.12. The molecule has 1 unspecified atom stereocenters. The Morgan fingerprint density at radius 3 is 2.48 bits per heavy atom. The molecule has 1 atom stereocenters. The molecular weight excluding hydrogens is 303 g/mol. The quantitative estimate of drug-likeness (QED) is 0.731. The highest BCUT2D eigenvalue weighted by Crippen LogP contribution is 2.26. The van der Waals surface area contributed by atoms with E-state index < -0.39 is 0 Å². The zero-order valence-corrected chi connectivity index (χ0v) is 14.1. The Hall–Kier alpha value is -0.960. The number of hydrogen-bond acceptors (Lipinski definition) is 1. The number of rotatable bonds is 7. The summed E-state index contributed by atoms with van der Waals surface area (Å²) in [7, 11) is 0. The van der Waals surface area contributed by atoms with E-state index in [1.165, 1.54) is 5.56 Å². The van der Waals surface area contributed by atoms with Crippen LogP contribution in [0.25, 0.3) is 0 Å². The van der Waals surface area contributed by atoms with Gasteiger partial charge in [-0.25, -0.2) is 0 Å². The summed E-state index contributed by atoms with van der Waals surface area (Å²) < 4.78 is 2.14. The van der Waals surface area contributed by atoms with Gasteiger partial charge >= 0.3 is 0 Å². The van der Waals surface area contributed by atoms with Gasteiger partial charge in [-0.15, -0.1) is 0 Å². The van der Waals surface area contributed by atoms with Gasteiger partial charge in [-0.2, -0.15) is 0 Å². The second kappa shape index (κ2) is 7.88. The molecule has 0 aliphatic heterocycles. The Labute approximate surface area is 137 Å². The van der Waals surface area contributed by atoms with Crippen LogP contribution in [-0.2, 0) is 6.54 Å². The Bertz CT molecular complexity index is 558. The van der Waals surface area contributed by atoms with Crippen LogP contribution >= 0.6 is 23.2 Å². The average molecular weight is 325 g/mol. The first-order valence-corrected chi connectivity index (χ1v) is 8.23. The van der Waals surface area contributed by atoms with E-state index in [4.69, 9.17) is 23.2 Å². The van der Waals surface area contributed by atoms with Crippen LogP contribution in [0.3, 0.4) is 0 Å². The molecule has 0 radical (unpaired) electrons. The van der Waals surface area contributed by atoms with Crippen molar-refractivity contribution in [2.75, 3.05) is 6.54 Å². The molecule has 2 aromatic rings. The van der Waals surface area contributed by atoms with Crippen molar-refractivity contribution in [1.29, 1.82) is 0 Å². The van der Waals surface area contributed by atoms with Crippen LogP contribution in [0.1, 0.15) is 43.9 Å². The molecule has 1 aromatic heterocycles. The first-order valence-electron chi connectivity index (χ1n) is 7.47. The maximum Gasteiger partial charge on any atom is 0.0499 e. The lowest BCUT2D eigenvalue weighted by Crippen LogP contribution is -2.21. The molecule has 1 aromatic carbocycles. The van der Waals surface area contributed by atoms with E-state index in [0.717, 1.165) is 24.9 Å². The van der Waals surface area contributed by atoms with Gasteiger partial charge in [-0.3, -0.25) is 0 Å². The van der Waals surface area contributed by atoms with E-state index in [0.29, 0.717) is 22.6 Å². The predicted octanol–water partition coefficient (Wildman–Crippen LogP) is 5.29. The molecule has 1 N–H and O–H groups in total. The summed E-state index contributed by atoms with van der Waals surface area (Å²) in [6, 6.07) is 8.21. The minimum Gasteiger partial charge on any atom is -0.349 e. The van der Waals surface area contributed by atoms with Crippen molar-refractivity contribution in [1.82, 2.24) is 9.88 Å². The van der Waals surface area contributed by atoms with Crippen molar-refractivity contribution in [2.24, 2.45) is 0 Å². The predicted molar refractivity (Wildman–Crippen MR) is 91.3 cm³/mol. The number of nitrogens with one attached hydrogen (secondary N) is 1. The van der Waals surface area contributed by atoms with Gasteiger partial charge in [-0.1, -0.05) is 43.1 Å². The lowest BCUT2D eigenvalue weighted by atomic mass is 10.1. The summed E-state index contributed by atoms with van der Waals surface area (Å²) in [6.45, 7) is 6.13. The van der Waals surface area contributed by atoms with Crippen LogP contribution in [0.4, 0.5) is 0 Å². The molecule has 2 rings (SSSR count). The standard InChI is InChI=1S/C17H22Cl2N2/c1-3-9-20-17(4-2)13-8-10-21(11-13)12-14-15(18)6-5-7-16(14)19/h5-8,10-11,17,20H,3-4,9,12H2,1-2H3. The lowest BCUT2D eigenvalue weighted by Gasteiger charge is -2.15. The molecule has 0 bridgehead atoms. The van der Waals surface area contributed by atoms with Crippen molar-refractivity contribution >= 4 is 23.2 Å². The highest BCUT2D eigenvalue weighted by molar-refractivity contribution is 6.35. The van der Waals surface area contributed by atoms with Crippen molar-refractivity contribution in [3.8, 4) is 0 Å². The van der Waals surface area contributed by atoms with Gasteiger partial charge in [0.05, 0.1) is 0 Å². The molecule has 0 aliphatic carbocycles. The average Bonchev–Trinajstić information content (AvgIpc) is 2.92. The zero-order valence-electron chi connectivity index (χ0n) is 12.6. The molecule has 2 nitrogen and oxygen atoms in total. The summed E-state index contributed by atoms with van der Waals surface area (Å²) in [5, 5.41) is 5.00. The summed E-state index contributed by atoms with van der Waals surface area (Å²) in [4.78, 5) is 0. The van der Waals surface area contributed by atoms with Gasteiger partial charge in [0, 0.05) is 40.6 Å². The van der Waals surface area contributed by atoms with Gasteiger partial charge in [0.25, 0.3) is 0 Å². The Kier molecular flexibility index (Phi) is 6.16. The van der Waals surface area contributed by atoms with E-state index in [1.54, 1.807) is 0 Å². The summed E-state index contributed by atoms with van der Waals surface area (Å²) in [6.07, 6.45) is 6.49. The molecule has 114 valence electrons. The Morgan fingerprint density at radius 2 is 1.86 bits per heavy atom. The maximum absolute atomic E-state index is 6.23. The third kappa shape index (κ3) is 4.26. The number of benzene rings is 1. The molecule has 0 saturated heterocycles. The van der Waals surface area contributed by atoms with Crippen LogP contribution in [0.2, 0.25) is 10.0 Å². The second-order valence-corrected chi connectivity index (χ2v) is 6.05. The topological polar surface area (TPSA) is 17.0 Å². The molecule has 0 spiro atoms. The van der Waals surface area contributed by atoms with Crippen LogP contribution in [0.5, 0.6) is 0 Å². The third-order valence-electron chi connectivity index (χ3n) is 3.63. The van der Waals surface area contributed by atoms with Crippen molar-refractivity contribution in [3.05, 3.63) is 57.8 Å². The van der Waals surface area contributed by atoms with Crippen molar-refractivity contribution < 1.29 is 0 Å². The Morgan fingerprint density at radius 1 is 1.14 bits per heavy atom. The zero-order chi connectivity index (χ0) is 15.2. The summed E-state index contributed by atoms with van der Waals surface area (Å²) in [5.74, 6) is 0. The normalized spacial score (nSPS) is 12.6. The van der Waals surface area contributed by atoms with Crippen LogP contribution in [0, 0.1) is 0 Å². The van der Waals surface area contributed by atoms with Gasteiger partial charge in [0.2, 0.25) is 0 Å². The number of aromatic nitrogens is 1. The molecule has 0 amide bonds. The SMILES string of the molecule is CCCNC(CC)c1ccn(Cc2c(Cl)cccc2Cl)c1. The lowest BCUT2D eigenvalue weighted by molar-refractivity contribution is 0.517. The van der Waals surface area contributed by atoms with Gasteiger partial charge in [0.1, 0.15) is 0 Å². The van der Waals surface area contributed by atoms with Gasteiger partial charge in [0.15, 0.2) is 0 Å². The number of nitrogens with zero attached hydrogens (tertiary/aromatic N) is 1. The summed E-state index contributed by atoms with van der Waals surface area (Å²) in [5.41, 5.74) is 2.28. The van der Waals surface area contributed by atoms with Crippen LogP contribution < -0.4 is 5.32 Å². The van der Waals surface area contributed by atoms with Gasteiger partial charge < -0.3 is 9.88 Å². The third-order valence-corrected chi connectivity index (χ3v) is 4.34. The van der Waals surface area contributed by atoms with E-state index in [1.807, 2.05) is 18.2 Å². The van der Waals surface area contributed by atoms with Crippen molar-refractivity contribution in [3.63, 3.8) is 0 Å². The molecular formula is C17H22Cl2N2. The van der Waals surface area contributed by atoms with E-state index in [2.05, 4.69) is 42.2 Å². The fourth-order valence-corrected chi connectivity index (χ4v) is 2.96. The van der Waals surface area contributed by atoms with Crippen LogP contribution in [-0.4, -0.2) is 11.1 Å². The molecule has 4 heteroatoms. The van der Waals surface area contributed by atoms with Gasteiger partial charge in [-0.05, 0) is 43.1 Å². The highest BCUT2D eigenvalue weighted by Gasteiger charge is 2.11. The largest absolute Gasteiger partial charge is 0.349 e. The number of halogens is 2. The molecule has 1 heterocycles. The van der Waals surface area contributed by atoms with E-state index in [-0.39, 0.29) is 0 Å². The minimum atomic E-state index is 0.410. The summed E-state index contributed by atoms with van der Waals surface area (Å²) >= 11 is 12.5. The highest BCUT2D eigenvalue weighted by atomic mass is 35.5. The molecule has 21 heavy (non-hydrogen) atoms. The fraction of sp³-hybridized carbons (Fsp3) is 0.412. The van der Waals surface area contributed by atoms with Crippen LogP contribution in [0.15, 0.2) is 36.7 Å². The fourth-order valence-electron chi connectivity index (χ4n) is 2.45. The van der Waals surface area contributed by atoms with E-state index >= 15 is 0 Å². The molecule has 0 saturated carbocycles. The molecule has 0 fully saturated rings. The minimum absolute atomic E-state index is 0.410. The van der Waals surface area contributed by atoms with Crippen molar-refractivity contribution in [2.45, 2.75) is 39.3 Å². The van der Waals surface area contributed by atoms with E-state index in [9.17, 15) is 0 Å².